The molecule has 2 heterocycles. The summed E-state index contributed by atoms with van der Waals surface area (Å²) in [5.41, 5.74) is 3.31. The maximum atomic E-state index is 9.95. The molecule has 0 saturated carbocycles. The van der Waals surface area contributed by atoms with Gasteiger partial charge in [0.25, 0.3) is 0 Å². The molecule has 1 atom stereocenters. The Kier molecular flexibility index (Phi) is 3.21. The average Bonchev–Trinajstić information content (AvgIpc) is 2.85. The van der Waals surface area contributed by atoms with E-state index in [1.807, 2.05) is 18.2 Å². The summed E-state index contributed by atoms with van der Waals surface area (Å²) in [6.07, 6.45) is 1.92. The van der Waals surface area contributed by atoms with Crippen molar-refractivity contribution in [3.63, 3.8) is 0 Å². The van der Waals surface area contributed by atoms with Gasteiger partial charge in [-0.1, -0.05) is 36.4 Å². The van der Waals surface area contributed by atoms with Crippen LogP contribution in [0.1, 0.15) is 35.6 Å². The standard InChI is InChI=1S/C19H21NO2/c1-20-11-9-19(10-12-20)17-13-15(21)7-8-16(17)18(22-19)14-5-3-2-4-6-14/h2-8,13,18,21H,9-12H2,1H3/t18-/m0/s1. The fourth-order valence-corrected chi connectivity index (χ4v) is 3.76. The first-order valence-corrected chi connectivity index (χ1v) is 7.93. The molecule has 3 nitrogen and oxygen atoms in total. The number of phenolic OH excluding ortho intramolecular Hbond substituents is 1. The van der Waals surface area contributed by atoms with Gasteiger partial charge in [0.05, 0.1) is 5.60 Å². The molecule has 4 rings (SSSR count). The van der Waals surface area contributed by atoms with Crippen molar-refractivity contribution >= 4 is 0 Å². The van der Waals surface area contributed by atoms with Crippen molar-refractivity contribution in [1.29, 1.82) is 0 Å². The van der Waals surface area contributed by atoms with Gasteiger partial charge in [-0.05, 0) is 48.7 Å². The van der Waals surface area contributed by atoms with Crippen LogP contribution < -0.4 is 0 Å². The van der Waals surface area contributed by atoms with Crippen LogP contribution in [0.3, 0.4) is 0 Å². The zero-order valence-electron chi connectivity index (χ0n) is 12.8. The molecule has 0 amide bonds. The van der Waals surface area contributed by atoms with E-state index >= 15 is 0 Å². The lowest BCUT2D eigenvalue weighted by Gasteiger charge is -2.38. The molecule has 0 aliphatic carbocycles. The van der Waals surface area contributed by atoms with E-state index in [-0.39, 0.29) is 11.7 Å². The number of fused-ring (bicyclic) bond motifs is 2. The maximum absolute atomic E-state index is 9.95. The Balaban J connectivity index is 1.80. The van der Waals surface area contributed by atoms with Gasteiger partial charge in [0, 0.05) is 13.1 Å². The number of phenols is 1. The summed E-state index contributed by atoms with van der Waals surface area (Å²) in [4.78, 5) is 2.34. The Morgan fingerprint density at radius 2 is 1.82 bits per heavy atom. The van der Waals surface area contributed by atoms with Crippen LogP contribution >= 0.6 is 0 Å². The van der Waals surface area contributed by atoms with E-state index in [0.717, 1.165) is 25.9 Å². The molecule has 0 unspecified atom stereocenters. The molecule has 2 aromatic rings. The van der Waals surface area contributed by atoms with Crippen LogP contribution in [-0.4, -0.2) is 30.1 Å². The monoisotopic (exact) mass is 295 g/mol. The van der Waals surface area contributed by atoms with Crippen LogP contribution in [0.25, 0.3) is 0 Å². The van der Waals surface area contributed by atoms with Crippen LogP contribution in [0.15, 0.2) is 48.5 Å². The SMILES string of the molecule is CN1CCC2(CC1)O[C@@H](c1ccccc1)c1ccc(O)cc12. The van der Waals surface area contributed by atoms with Crippen LogP contribution in [0.4, 0.5) is 0 Å². The number of ether oxygens (including phenoxy) is 1. The summed E-state index contributed by atoms with van der Waals surface area (Å²) < 4.78 is 6.61. The second-order valence-electron chi connectivity index (χ2n) is 6.48. The van der Waals surface area contributed by atoms with Gasteiger partial charge in [0.1, 0.15) is 11.9 Å². The van der Waals surface area contributed by atoms with Crippen molar-refractivity contribution in [2.24, 2.45) is 0 Å². The van der Waals surface area contributed by atoms with Gasteiger partial charge in [-0.25, -0.2) is 0 Å². The Labute approximate surface area is 131 Å². The minimum absolute atomic E-state index is 0.0276. The van der Waals surface area contributed by atoms with Crippen molar-refractivity contribution in [3.8, 4) is 5.75 Å². The van der Waals surface area contributed by atoms with E-state index in [4.69, 9.17) is 4.74 Å². The van der Waals surface area contributed by atoms with Crippen molar-refractivity contribution in [3.05, 3.63) is 65.2 Å². The minimum Gasteiger partial charge on any atom is -0.508 e. The third-order valence-corrected chi connectivity index (χ3v) is 5.05. The molecule has 3 heteroatoms. The number of nitrogens with zero attached hydrogens (tertiary/aromatic N) is 1. The van der Waals surface area contributed by atoms with E-state index < -0.39 is 0 Å². The fraction of sp³-hybridized carbons (Fsp3) is 0.368. The highest BCUT2D eigenvalue weighted by Crippen LogP contribution is 2.51. The average molecular weight is 295 g/mol. The third kappa shape index (κ3) is 2.13. The molecule has 2 aliphatic heterocycles. The molecule has 1 saturated heterocycles. The summed E-state index contributed by atoms with van der Waals surface area (Å²) in [7, 11) is 2.15. The van der Waals surface area contributed by atoms with E-state index in [9.17, 15) is 5.11 Å². The van der Waals surface area contributed by atoms with E-state index in [1.54, 1.807) is 6.07 Å². The number of piperidine rings is 1. The highest BCUT2D eigenvalue weighted by molar-refractivity contribution is 5.47. The van der Waals surface area contributed by atoms with Crippen molar-refractivity contribution in [1.82, 2.24) is 4.90 Å². The topological polar surface area (TPSA) is 32.7 Å². The number of benzene rings is 2. The molecule has 0 radical (unpaired) electrons. The van der Waals surface area contributed by atoms with Crippen molar-refractivity contribution in [2.75, 3.05) is 20.1 Å². The van der Waals surface area contributed by atoms with E-state index in [2.05, 4.69) is 36.2 Å². The number of hydrogen-bond donors (Lipinski definition) is 1. The van der Waals surface area contributed by atoms with Gasteiger partial charge < -0.3 is 14.7 Å². The first kappa shape index (κ1) is 13.8. The predicted molar refractivity (Wildman–Crippen MR) is 85.9 cm³/mol. The van der Waals surface area contributed by atoms with Gasteiger partial charge >= 0.3 is 0 Å². The highest BCUT2D eigenvalue weighted by atomic mass is 16.5. The van der Waals surface area contributed by atoms with Gasteiger partial charge in [-0.2, -0.15) is 0 Å². The van der Waals surface area contributed by atoms with Gasteiger partial charge in [0.15, 0.2) is 0 Å². The predicted octanol–water partition coefficient (Wildman–Crippen LogP) is 3.43. The first-order valence-electron chi connectivity index (χ1n) is 7.93. The maximum Gasteiger partial charge on any atom is 0.115 e. The summed E-state index contributed by atoms with van der Waals surface area (Å²) in [6.45, 7) is 2.05. The van der Waals surface area contributed by atoms with E-state index in [0.29, 0.717) is 5.75 Å². The molecule has 114 valence electrons. The Morgan fingerprint density at radius 3 is 2.55 bits per heavy atom. The lowest BCUT2D eigenvalue weighted by atomic mass is 9.83. The molecule has 0 aromatic heterocycles. The van der Waals surface area contributed by atoms with Crippen molar-refractivity contribution in [2.45, 2.75) is 24.5 Å². The lowest BCUT2D eigenvalue weighted by molar-refractivity contribution is -0.0941. The van der Waals surface area contributed by atoms with Gasteiger partial charge in [-0.15, -0.1) is 0 Å². The fourth-order valence-electron chi connectivity index (χ4n) is 3.76. The number of aromatic hydroxyl groups is 1. The van der Waals surface area contributed by atoms with Gasteiger partial charge in [-0.3, -0.25) is 0 Å². The lowest BCUT2D eigenvalue weighted by Crippen LogP contribution is -2.40. The van der Waals surface area contributed by atoms with Crippen LogP contribution in [0.5, 0.6) is 5.75 Å². The second kappa shape index (κ2) is 5.11. The zero-order chi connectivity index (χ0) is 15.2. The zero-order valence-corrected chi connectivity index (χ0v) is 12.8. The Morgan fingerprint density at radius 1 is 1.09 bits per heavy atom. The Hall–Kier alpha value is -1.84. The van der Waals surface area contributed by atoms with Crippen LogP contribution in [0.2, 0.25) is 0 Å². The summed E-state index contributed by atoms with van der Waals surface area (Å²) in [5, 5.41) is 9.95. The third-order valence-electron chi connectivity index (χ3n) is 5.05. The molecular formula is C19H21NO2. The summed E-state index contributed by atoms with van der Waals surface area (Å²) in [6, 6.07) is 16.1. The number of hydrogen-bond acceptors (Lipinski definition) is 3. The molecule has 1 N–H and O–H groups in total. The van der Waals surface area contributed by atoms with Crippen LogP contribution in [-0.2, 0) is 10.3 Å². The molecule has 0 bridgehead atoms. The van der Waals surface area contributed by atoms with Crippen LogP contribution in [0, 0.1) is 0 Å². The molecule has 1 fully saturated rings. The summed E-state index contributed by atoms with van der Waals surface area (Å²) in [5.74, 6) is 0.328. The Bertz CT molecular complexity index is 675. The summed E-state index contributed by atoms with van der Waals surface area (Å²) >= 11 is 0. The van der Waals surface area contributed by atoms with Gasteiger partial charge in [0.2, 0.25) is 0 Å². The molecule has 1 spiro atoms. The van der Waals surface area contributed by atoms with E-state index in [1.165, 1.54) is 16.7 Å². The normalized spacial score (nSPS) is 23.6. The molecule has 2 aliphatic rings. The second-order valence-corrected chi connectivity index (χ2v) is 6.48. The smallest absolute Gasteiger partial charge is 0.115 e. The molecule has 22 heavy (non-hydrogen) atoms. The number of rotatable bonds is 1. The quantitative estimate of drug-likeness (QED) is 0.875. The molecular weight excluding hydrogens is 274 g/mol. The number of likely N-dealkylation sites (tertiary alicyclic amines) is 1. The largest absolute Gasteiger partial charge is 0.508 e. The molecule has 2 aromatic carbocycles. The highest BCUT2D eigenvalue weighted by Gasteiger charge is 2.46. The van der Waals surface area contributed by atoms with Crippen molar-refractivity contribution < 1.29 is 9.84 Å². The first-order chi connectivity index (χ1) is 10.7. The minimum atomic E-state index is -0.249.